The van der Waals surface area contributed by atoms with Gasteiger partial charge in [-0.1, -0.05) is 18.2 Å². The van der Waals surface area contributed by atoms with Gasteiger partial charge in [0, 0.05) is 12.3 Å². The van der Waals surface area contributed by atoms with E-state index in [0.717, 1.165) is 16.7 Å². The molecule has 18 heavy (non-hydrogen) atoms. The highest BCUT2D eigenvalue weighted by molar-refractivity contribution is 6.24. The lowest BCUT2D eigenvalue weighted by Gasteiger charge is -2.10. The smallest absolute Gasteiger partial charge is 0.167 e. The Kier molecular flexibility index (Phi) is 3.32. The second-order valence-electron chi connectivity index (χ2n) is 4.79. The first-order valence-corrected chi connectivity index (χ1v) is 6.08. The van der Waals surface area contributed by atoms with Crippen molar-refractivity contribution in [1.82, 2.24) is 0 Å². The van der Waals surface area contributed by atoms with Gasteiger partial charge in [-0.05, 0) is 43.2 Å². The number of hydrogen-bond donors (Lipinski definition) is 2. The molecule has 0 aliphatic heterocycles. The number of aliphatic hydroxyl groups is 1. The van der Waals surface area contributed by atoms with Crippen molar-refractivity contribution in [3.05, 3.63) is 40.6 Å². The second-order valence-corrected chi connectivity index (χ2v) is 4.79. The third-order valence-corrected chi connectivity index (χ3v) is 3.49. The zero-order valence-corrected chi connectivity index (χ0v) is 10.7. The molecule has 3 heteroatoms. The minimum absolute atomic E-state index is 0.0169. The van der Waals surface area contributed by atoms with Crippen LogP contribution in [-0.2, 0) is 4.79 Å². The Morgan fingerprint density at radius 2 is 2.00 bits per heavy atom. The zero-order chi connectivity index (χ0) is 13.3. The summed E-state index contributed by atoms with van der Waals surface area (Å²) in [5, 5.41) is 17.3. The van der Waals surface area contributed by atoms with E-state index in [-0.39, 0.29) is 17.5 Å². The summed E-state index contributed by atoms with van der Waals surface area (Å²) >= 11 is 0. The maximum absolute atomic E-state index is 12.1. The van der Waals surface area contributed by atoms with Crippen molar-refractivity contribution in [2.75, 3.05) is 0 Å². The average molecular weight is 243 g/mol. The van der Waals surface area contributed by atoms with Crippen LogP contribution in [0.3, 0.4) is 0 Å². The van der Waals surface area contributed by atoms with E-state index < -0.39 is 0 Å². The number of nitrogens with one attached hydrogen (secondary N) is 1. The summed E-state index contributed by atoms with van der Waals surface area (Å²) in [6, 6.07) is 5.83. The third kappa shape index (κ3) is 1.96. The SMILES string of the molecule is Cc1cccc(C)c1C1=C(O)C(CC=N)CC1=O. The van der Waals surface area contributed by atoms with Gasteiger partial charge >= 0.3 is 0 Å². The molecule has 1 aromatic rings. The summed E-state index contributed by atoms with van der Waals surface area (Å²) < 4.78 is 0. The van der Waals surface area contributed by atoms with Gasteiger partial charge in [0.05, 0.1) is 5.57 Å². The van der Waals surface area contributed by atoms with Crippen LogP contribution < -0.4 is 0 Å². The minimum Gasteiger partial charge on any atom is -0.511 e. The van der Waals surface area contributed by atoms with Gasteiger partial charge in [-0.25, -0.2) is 0 Å². The van der Waals surface area contributed by atoms with Crippen molar-refractivity contribution in [3.8, 4) is 0 Å². The molecule has 0 saturated carbocycles. The fourth-order valence-corrected chi connectivity index (χ4v) is 2.58. The number of aliphatic hydroxyl groups excluding tert-OH is 1. The zero-order valence-electron chi connectivity index (χ0n) is 10.7. The van der Waals surface area contributed by atoms with Crippen LogP contribution in [0, 0.1) is 25.2 Å². The molecular formula is C15H17NO2. The maximum atomic E-state index is 12.1. The van der Waals surface area contributed by atoms with Gasteiger partial charge in [-0.15, -0.1) is 0 Å². The molecule has 0 heterocycles. The number of ketones is 1. The average Bonchev–Trinajstić information content (AvgIpc) is 2.57. The van der Waals surface area contributed by atoms with Gasteiger partial charge in [0.15, 0.2) is 5.78 Å². The Balaban J connectivity index is 2.55. The highest BCUT2D eigenvalue weighted by atomic mass is 16.3. The lowest BCUT2D eigenvalue weighted by atomic mass is 9.94. The molecule has 2 rings (SSSR count). The molecule has 94 valence electrons. The van der Waals surface area contributed by atoms with E-state index in [1.807, 2.05) is 32.0 Å². The van der Waals surface area contributed by atoms with Crippen molar-refractivity contribution < 1.29 is 9.90 Å². The standard InChI is InChI=1S/C15H17NO2/c1-9-4-3-5-10(2)13(9)14-12(17)8-11(6-7-16)15(14)18/h3-5,7,11,16,18H,6,8H2,1-2H3. The molecule has 0 aromatic heterocycles. The van der Waals surface area contributed by atoms with E-state index in [0.29, 0.717) is 18.4 Å². The molecule has 0 bridgehead atoms. The molecule has 1 unspecified atom stereocenters. The number of rotatable bonds is 3. The molecule has 2 N–H and O–H groups in total. The molecule has 1 aliphatic carbocycles. The molecule has 3 nitrogen and oxygen atoms in total. The van der Waals surface area contributed by atoms with Crippen molar-refractivity contribution >= 4 is 17.6 Å². The maximum Gasteiger partial charge on any atom is 0.167 e. The molecule has 1 atom stereocenters. The van der Waals surface area contributed by atoms with Crippen molar-refractivity contribution in [3.63, 3.8) is 0 Å². The second kappa shape index (κ2) is 4.77. The number of carbonyl (C=O) groups is 1. The predicted octanol–water partition coefficient (Wildman–Crippen LogP) is 3.20. The highest BCUT2D eigenvalue weighted by Gasteiger charge is 2.33. The largest absolute Gasteiger partial charge is 0.511 e. The minimum atomic E-state index is -0.219. The Morgan fingerprint density at radius 3 is 2.56 bits per heavy atom. The fraction of sp³-hybridized carbons (Fsp3) is 0.333. The molecule has 1 aromatic carbocycles. The number of hydrogen-bond acceptors (Lipinski definition) is 3. The van der Waals surface area contributed by atoms with Crippen molar-refractivity contribution in [2.24, 2.45) is 5.92 Å². The normalized spacial score (nSPS) is 19.4. The first-order valence-electron chi connectivity index (χ1n) is 6.08. The molecule has 0 amide bonds. The van der Waals surface area contributed by atoms with E-state index in [9.17, 15) is 9.90 Å². The first kappa shape index (κ1) is 12.6. The van der Waals surface area contributed by atoms with Crippen LogP contribution in [0.1, 0.15) is 29.5 Å². The Morgan fingerprint density at radius 1 is 1.39 bits per heavy atom. The van der Waals surface area contributed by atoms with Crippen LogP contribution >= 0.6 is 0 Å². The van der Waals surface area contributed by atoms with Crippen LogP contribution in [-0.4, -0.2) is 17.1 Å². The van der Waals surface area contributed by atoms with Crippen LogP contribution in [0.25, 0.3) is 5.57 Å². The van der Waals surface area contributed by atoms with Crippen LogP contribution in [0.5, 0.6) is 0 Å². The van der Waals surface area contributed by atoms with Crippen LogP contribution in [0.4, 0.5) is 0 Å². The number of Topliss-reactive ketones (excluding diaryl/α,β-unsaturated/α-hetero) is 1. The molecule has 1 aliphatic rings. The van der Waals surface area contributed by atoms with Gasteiger partial charge in [0.1, 0.15) is 5.76 Å². The summed E-state index contributed by atoms with van der Waals surface area (Å²) in [5.41, 5.74) is 3.31. The van der Waals surface area contributed by atoms with E-state index in [4.69, 9.17) is 5.41 Å². The van der Waals surface area contributed by atoms with Gasteiger partial charge in [-0.3, -0.25) is 4.79 Å². The monoisotopic (exact) mass is 243 g/mol. The summed E-state index contributed by atoms with van der Waals surface area (Å²) in [6.07, 6.45) is 1.98. The first-order chi connectivity index (χ1) is 8.56. The predicted molar refractivity (Wildman–Crippen MR) is 72.0 cm³/mol. The molecule has 0 saturated heterocycles. The number of aryl methyl sites for hydroxylation is 2. The summed E-state index contributed by atoms with van der Waals surface area (Å²) in [4.78, 5) is 12.1. The van der Waals surface area contributed by atoms with E-state index in [2.05, 4.69) is 0 Å². The fourth-order valence-electron chi connectivity index (χ4n) is 2.58. The van der Waals surface area contributed by atoms with Gasteiger partial charge in [-0.2, -0.15) is 0 Å². The van der Waals surface area contributed by atoms with Crippen molar-refractivity contribution in [1.29, 1.82) is 5.41 Å². The Bertz CT molecular complexity index is 523. The molecule has 0 radical (unpaired) electrons. The molecule has 0 fully saturated rings. The van der Waals surface area contributed by atoms with Crippen molar-refractivity contribution in [2.45, 2.75) is 26.7 Å². The van der Waals surface area contributed by atoms with Crippen LogP contribution in [0.2, 0.25) is 0 Å². The number of benzene rings is 1. The Labute approximate surface area is 107 Å². The molecular weight excluding hydrogens is 226 g/mol. The topological polar surface area (TPSA) is 61.1 Å². The summed E-state index contributed by atoms with van der Waals surface area (Å²) in [7, 11) is 0. The van der Waals surface area contributed by atoms with Gasteiger partial charge < -0.3 is 10.5 Å². The van der Waals surface area contributed by atoms with Crippen LogP contribution in [0.15, 0.2) is 24.0 Å². The Hall–Kier alpha value is -1.90. The lowest BCUT2D eigenvalue weighted by molar-refractivity contribution is -0.113. The van der Waals surface area contributed by atoms with E-state index >= 15 is 0 Å². The van der Waals surface area contributed by atoms with E-state index in [1.54, 1.807) is 0 Å². The highest BCUT2D eigenvalue weighted by Crippen LogP contribution is 2.37. The van der Waals surface area contributed by atoms with E-state index in [1.165, 1.54) is 6.21 Å². The quantitative estimate of drug-likeness (QED) is 0.801. The lowest BCUT2D eigenvalue weighted by Crippen LogP contribution is -2.01. The van der Waals surface area contributed by atoms with Gasteiger partial charge in [0.25, 0.3) is 0 Å². The van der Waals surface area contributed by atoms with Gasteiger partial charge in [0.2, 0.25) is 0 Å². The number of allylic oxidation sites excluding steroid dienone is 2. The summed E-state index contributed by atoms with van der Waals surface area (Å²) in [6.45, 7) is 3.89. The third-order valence-electron chi connectivity index (χ3n) is 3.49. The number of carbonyl (C=O) groups excluding carboxylic acids is 1. The molecule has 0 spiro atoms. The summed E-state index contributed by atoms with van der Waals surface area (Å²) in [5.74, 6) is -0.0818.